The number of halogens is 3. The molecule has 1 saturated heterocycles. The largest absolute Gasteiger partial charge is 0.465 e. The van der Waals surface area contributed by atoms with Crippen molar-refractivity contribution in [3.63, 3.8) is 0 Å². The van der Waals surface area contributed by atoms with Crippen LogP contribution in [0.3, 0.4) is 0 Å². The number of carbonyl (C=O) groups is 2. The van der Waals surface area contributed by atoms with Gasteiger partial charge >= 0.3 is 6.09 Å². The molecule has 5 nitrogen and oxygen atoms in total. The summed E-state index contributed by atoms with van der Waals surface area (Å²) in [5, 5.41) is 13.1. The quantitative estimate of drug-likeness (QED) is 0.728. The fourth-order valence-corrected chi connectivity index (χ4v) is 2.51. The Morgan fingerprint density at radius 1 is 1.33 bits per heavy atom. The van der Waals surface area contributed by atoms with Crippen LogP contribution >= 0.6 is 0 Å². The molecule has 3 atom stereocenters. The number of amides is 2. The molecule has 114 valence electrons. The molecule has 1 aliphatic heterocycles. The Hall–Kier alpha value is -2.25. The van der Waals surface area contributed by atoms with Gasteiger partial charge in [0.1, 0.15) is 11.9 Å². The van der Waals surface area contributed by atoms with Crippen LogP contribution in [0.25, 0.3) is 0 Å². The molecule has 1 aromatic rings. The monoisotopic (exact) mass is 302 g/mol. The number of hydrogen-bond acceptors (Lipinski definition) is 2. The molecule has 0 aromatic heterocycles. The summed E-state index contributed by atoms with van der Waals surface area (Å²) < 4.78 is 40.9. The van der Waals surface area contributed by atoms with Crippen molar-refractivity contribution in [2.75, 3.05) is 0 Å². The van der Waals surface area contributed by atoms with E-state index in [1.54, 1.807) is 0 Å². The van der Waals surface area contributed by atoms with Crippen molar-refractivity contribution in [1.82, 2.24) is 10.6 Å². The van der Waals surface area contributed by atoms with Crippen LogP contribution in [0, 0.1) is 17.5 Å². The summed E-state index contributed by atoms with van der Waals surface area (Å²) in [7, 11) is 0. The summed E-state index contributed by atoms with van der Waals surface area (Å²) in [5.41, 5.74) is -0.486. The van der Waals surface area contributed by atoms with Gasteiger partial charge in [-0.2, -0.15) is 0 Å². The number of nitrogens with one attached hydrogen (secondary N) is 2. The lowest BCUT2D eigenvalue weighted by molar-refractivity contribution is -0.125. The summed E-state index contributed by atoms with van der Waals surface area (Å²) in [6.07, 6.45) is -1.58. The Morgan fingerprint density at radius 3 is 2.57 bits per heavy atom. The molecular weight excluding hydrogens is 289 g/mol. The van der Waals surface area contributed by atoms with Crippen LogP contribution in [-0.4, -0.2) is 29.2 Å². The maximum Gasteiger partial charge on any atom is 0.405 e. The van der Waals surface area contributed by atoms with Gasteiger partial charge in [0.05, 0.1) is 0 Å². The molecular formula is C13H13F3N2O3. The minimum atomic E-state index is -1.43. The molecule has 0 aliphatic carbocycles. The summed E-state index contributed by atoms with van der Waals surface area (Å²) in [6.45, 7) is 1.52. The van der Waals surface area contributed by atoms with Crippen molar-refractivity contribution in [1.29, 1.82) is 0 Å². The van der Waals surface area contributed by atoms with Gasteiger partial charge < -0.3 is 15.7 Å². The van der Waals surface area contributed by atoms with E-state index >= 15 is 0 Å². The van der Waals surface area contributed by atoms with E-state index in [1.165, 1.54) is 6.92 Å². The minimum Gasteiger partial charge on any atom is -0.465 e. The lowest BCUT2D eigenvalue weighted by Gasteiger charge is -2.34. The van der Waals surface area contributed by atoms with E-state index in [1.807, 2.05) is 5.32 Å². The predicted molar refractivity (Wildman–Crippen MR) is 66.2 cm³/mol. The van der Waals surface area contributed by atoms with Crippen LogP contribution in [0.5, 0.6) is 0 Å². The molecule has 0 unspecified atom stereocenters. The first-order valence-corrected chi connectivity index (χ1v) is 6.24. The predicted octanol–water partition coefficient (Wildman–Crippen LogP) is 1.73. The van der Waals surface area contributed by atoms with Crippen molar-refractivity contribution in [3.05, 3.63) is 35.1 Å². The van der Waals surface area contributed by atoms with Gasteiger partial charge in [-0.3, -0.25) is 4.79 Å². The maximum absolute atomic E-state index is 13.8. The highest BCUT2D eigenvalue weighted by Gasteiger charge is 2.38. The first-order chi connectivity index (χ1) is 9.81. The summed E-state index contributed by atoms with van der Waals surface area (Å²) in [5.74, 6) is -4.92. The molecule has 2 rings (SSSR count). The molecule has 1 aliphatic rings. The van der Waals surface area contributed by atoms with Crippen molar-refractivity contribution in [2.24, 2.45) is 0 Å². The average molecular weight is 302 g/mol. The minimum absolute atomic E-state index is 0.156. The highest BCUT2D eigenvalue weighted by Crippen LogP contribution is 2.33. The Kier molecular flexibility index (Phi) is 4.06. The van der Waals surface area contributed by atoms with E-state index in [2.05, 4.69) is 5.32 Å². The lowest BCUT2D eigenvalue weighted by Crippen LogP contribution is -2.56. The molecule has 1 aromatic carbocycles. The molecule has 0 spiro atoms. The fraction of sp³-hybridized carbons (Fsp3) is 0.385. The Bertz CT molecular complexity index is 594. The molecule has 3 N–H and O–H groups in total. The van der Waals surface area contributed by atoms with E-state index in [0.717, 1.165) is 6.07 Å². The zero-order valence-electron chi connectivity index (χ0n) is 11.0. The molecule has 2 amide bonds. The molecule has 8 heteroatoms. The number of piperidine rings is 1. The van der Waals surface area contributed by atoms with Gasteiger partial charge in [-0.05, 0) is 25.5 Å². The maximum atomic E-state index is 13.8. The summed E-state index contributed by atoms with van der Waals surface area (Å²) in [4.78, 5) is 22.3. The van der Waals surface area contributed by atoms with Crippen molar-refractivity contribution >= 4 is 12.0 Å². The van der Waals surface area contributed by atoms with E-state index in [-0.39, 0.29) is 6.42 Å². The zero-order chi connectivity index (χ0) is 15.7. The van der Waals surface area contributed by atoms with Gasteiger partial charge in [0.15, 0.2) is 11.6 Å². The van der Waals surface area contributed by atoms with Gasteiger partial charge in [0.2, 0.25) is 5.91 Å². The van der Waals surface area contributed by atoms with Crippen LogP contribution in [-0.2, 0) is 4.79 Å². The Morgan fingerprint density at radius 2 is 1.95 bits per heavy atom. The van der Waals surface area contributed by atoms with E-state index in [4.69, 9.17) is 5.11 Å². The smallest absolute Gasteiger partial charge is 0.405 e. The van der Waals surface area contributed by atoms with Gasteiger partial charge in [-0.1, -0.05) is 0 Å². The number of hydrogen-bond donors (Lipinski definition) is 3. The fourth-order valence-electron chi connectivity index (χ4n) is 2.51. The topological polar surface area (TPSA) is 78.4 Å². The van der Waals surface area contributed by atoms with Gasteiger partial charge in [0, 0.05) is 17.5 Å². The highest BCUT2D eigenvalue weighted by atomic mass is 19.2. The van der Waals surface area contributed by atoms with Gasteiger partial charge in [0.25, 0.3) is 0 Å². The first kappa shape index (κ1) is 15.1. The number of rotatable bonds is 2. The van der Waals surface area contributed by atoms with Crippen LogP contribution < -0.4 is 10.6 Å². The SMILES string of the molecule is C[C@H]1NC(=O)[C@@H](NC(=O)O)C[C@H]1c1c(F)ccc(F)c1F. The second-order valence-electron chi connectivity index (χ2n) is 4.90. The second kappa shape index (κ2) is 5.63. The number of carbonyl (C=O) groups excluding carboxylic acids is 1. The Labute approximate surface area is 118 Å². The van der Waals surface area contributed by atoms with Crippen LogP contribution in [0.1, 0.15) is 24.8 Å². The average Bonchev–Trinajstić information content (AvgIpc) is 2.39. The molecule has 21 heavy (non-hydrogen) atoms. The number of benzene rings is 1. The zero-order valence-corrected chi connectivity index (χ0v) is 11.0. The third-order valence-corrected chi connectivity index (χ3v) is 3.53. The molecule has 0 bridgehead atoms. The molecule has 0 radical (unpaired) electrons. The van der Waals surface area contributed by atoms with Crippen molar-refractivity contribution < 1.29 is 27.9 Å². The van der Waals surface area contributed by atoms with E-state index in [9.17, 15) is 22.8 Å². The number of carboxylic acid groups (broad SMARTS) is 1. The normalized spacial score (nSPS) is 25.3. The molecule has 1 heterocycles. The van der Waals surface area contributed by atoms with Crippen LogP contribution in [0.2, 0.25) is 0 Å². The standard InChI is InChI=1S/C13H13F3N2O3/c1-5-6(4-9(12(19)17-5)18-13(20)21)10-7(14)2-3-8(15)11(10)16/h2-3,5-6,9,18H,4H2,1H3,(H,17,19)(H,20,21)/t5-,6-,9+/m1/s1. The van der Waals surface area contributed by atoms with Gasteiger partial charge in [-0.25, -0.2) is 18.0 Å². The molecule has 1 fully saturated rings. The summed E-state index contributed by atoms with van der Waals surface area (Å²) in [6, 6.07) is -0.329. The van der Waals surface area contributed by atoms with Crippen molar-refractivity contribution in [2.45, 2.75) is 31.3 Å². The highest BCUT2D eigenvalue weighted by molar-refractivity contribution is 5.86. The third kappa shape index (κ3) is 2.93. The van der Waals surface area contributed by atoms with Crippen molar-refractivity contribution in [3.8, 4) is 0 Å². The van der Waals surface area contributed by atoms with E-state index < -0.39 is 53.0 Å². The lowest BCUT2D eigenvalue weighted by atomic mass is 9.82. The van der Waals surface area contributed by atoms with Gasteiger partial charge in [-0.15, -0.1) is 0 Å². The summed E-state index contributed by atoms with van der Waals surface area (Å²) >= 11 is 0. The third-order valence-electron chi connectivity index (χ3n) is 3.53. The van der Waals surface area contributed by atoms with E-state index in [0.29, 0.717) is 6.07 Å². The molecule has 0 saturated carbocycles. The first-order valence-electron chi connectivity index (χ1n) is 6.24. The second-order valence-corrected chi connectivity index (χ2v) is 4.90. The van der Waals surface area contributed by atoms with Crippen LogP contribution in [0.15, 0.2) is 12.1 Å². The van der Waals surface area contributed by atoms with Crippen LogP contribution in [0.4, 0.5) is 18.0 Å². The Balaban J connectivity index is 2.36.